The van der Waals surface area contributed by atoms with Crippen LogP contribution in [-0.4, -0.2) is 18.7 Å². The van der Waals surface area contributed by atoms with Crippen molar-refractivity contribution >= 4 is 5.97 Å². The van der Waals surface area contributed by atoms with E-state index in [1.165, 1.54) is 5.56 Å². The smallest absolute Gasteiger partial charge is 0.343 e. The Balaban J connectivity index is 1.60. The highest BCUT2D eigenvalue weighted by Crippen LogP contribution is 2.30. The molecule has 1 saturated heterocycles. The number of ether oxygens (including phenoxy) is 3. The van der Waals surface area contributed by atoms with Crippen LogP contribution in [0.25, 0.3) is 0 Å². The number of hydrogen-bond acceptors (Lipinski definition) is 4. The lowest BCUT2D eigenvalue weighted by Gasteiger charge is -2.34. The third-order valence-corrected chi connectivity index (χ3v) is 5.08. The second-order valence-corrected chi connectivity index (χ2v) is 7.08. The highest BCUT2D eigenvalue weighted by atomic mass is 16.7. The summed E-state index contributed by atoms with van der Waals surface area (Å²) in [6.07, 6.45) is 2.95. The van der Waals surface area contributed by atoms with Gasteiger partial charge in [0.2, 0.25) is 0 Å². The quantitative estimate of drug-likeness (QED) is 0.511. The van der Waals surface area contributed by atoms with Gasteiger partial charge in [0.25, 0.3) is 0 Å². The van der Waals surface area contributed by atoms with Crippen LogP contribution >= 0.6 is 0 Å². The van der Waals surface area contributed by atoms with Crippen molar-refractivity contribution < 1.29 is 19.0 Å². The summed E-state index contributed by atoms with van der Waals surface area (Å²) < 4.78 is 17.3. The van der Waals surface area contributed by atoms with Crippen LogP contribution in [0.4, 0.5) is 0 Å². The van der Waals surface area contributed by atoms with Gasteiger partial charge in [0.1, 0.15) is 5.75 Å². The van der Waals surface area contributed by atoms with Crippen LogP contribution in [0.15, 0.2) is 48.5 Å². The Morgan fingerprint density at radius 2 is 1.78 bits per heavy atom. The summed E-state index contributed by atoms with van der Waals surface area (Å²) in [4.78, 5) is 12.4. The van der Waals surface area contributed by atoms with Crippen LogP contribution in [0.1, 0.15) is 61.4 Å². The van der Waals surface area contributed by atoms with Gasteiger partial charge in [0, 0.05) is 11.5 Å². The van der Waals surface area contributed by atoms with E-state index in [0.717, 1.165) is 24.8 Å². The molecule has 4 heteroatoms. The van der Waals surface area contributed by atoms with Crippen molar-refractivity contribution in [2.75, 3.05) is 6.61 Å². The second kappa shape index (κ2) is 9.16. The molecule has 1 heterocycles. The monoisotopic (exact) mass is 368 g/mol. The lowest BCUT2D eigenvalue weighted by molar-refractivity contribution is -0.236. The molecule has 2 aromatic carbocycles. The van der Waals surface area contributed by atoms with Crippen molar-refractivity contribution in [3.05, 3.63) is 65.2 Å². The van der Waals surface area contributed by atoms with E-state index in [-0.39, 0.29) is 18.4 Å². The number of benzene rings is 2. The summed E-state index contributed by atoms with van der Waals surface area (Å²) in [7, 11) is 0. The average molecular weight is 368 g/mol. The van der Waals surface area contributed by atoms with Gasteiger partial charge in [-0.1, -0.05) is 44.5 Å². The Bertz CT molecular complexity index is 736. The van der Waals surface area contributed by atoms with Gasteiger partial charge in [-0.05, 0) is 49.6 Å². The molecule has 1 aliphatic heterocycles. The van der Waals surface area contributed by atoms with E-state index < -0.39 is 0 Å². The SMILES string of the molecule is CCCc1ccc(OC(=O)c2ccc(C3OCC(CC)C(C)O3)cc2)cc1. The first-order valence-electron chi connectivity index (χ1n) is 9.78. The molecule has 3 unspecified atom stereocenters. The molecule has 3 rings (SSSR count). The molecule has 2 aromatic rings. The van der Waals surface area contributed by atoms with E-state index >= 15 is 0 Å². The summed E-state index contributed by atoms with van der Waals surface area (Å²) in [6.45, 7) is 7.07. The summed E-state index contributed by atoms with van der Waals surface area (Å²) in [5.41, 5.74) is 2.66. The van der Waals surface area contributed by atoms with Crippen molar-refractivity contribution in [3.63, 3.8) is 0 Å². The molecule has 0 saturated carbocycles. The summed E-state index contributed by atoms with van der Waals surface area (Å²) in [6, 6.07) is 14.9. The zero-order valence-electron chi connectivity index (χ0n) is 16.3. The van der Waals surface area contributed by atoms with Gasteiger partial charge in [-0.25, -0.2) is 4.79 Å². The maximum absolute atomic E-state index is 12.4. The number of rotatable bonds is 6. The molecule has 0 aliphatic carbocycles. The van der Waals surface area contributed by atoms with Crippen LogP contribution in [0, 0.1) is 5.92 Å². The molecular weight excluding hydrogens is 340 g/mol. The summed E-state index contributed by atoms with van der Waals surface area (Å²) in [5, 5.41) is 0. The minimum atomic E-state index is -0.376. The fraction of sp³-hybridized carbons (Fsp3) is 0.435. The van der Waals surface area contributed by atoms with E-state index in [0.29, 0.717) is 23.8 Å². The normalized spacial score (nSPS) is 22.4. The first-order chi connectivity index (χ1) is 13.1. The Morgan fingerprint density at radius 1 is 1.07 bits per heavy atom. The topological polar surface area (TPSA) is 44.8 Å². The van der Waals surface area contributed by atoms with E-state index in [9.17, 15) is 4.79 Å². The fourth-order valence-corrected chi connectivity index (χ4v) is 3.27. The minimum absolute atomic E-state index is 0.161. The molecule has 4 nitrogen and oxygen atoms in total. The minimum Gasteiger partial charge on any atom is -0.423 e. The van der Waals surface area contributed by atoms with Crippen molar-refractivity contribution in [2.24, 2.45) is 5.92 Å². The van der Waals surface area contributed by atoms with Crippen molar-refractivity contribution in [1.29, 1.82) is 0 Å². The fourth-order valence-electron chi connectivity index (χ4n) is 3.27. The first kappa shape index (κ1) is 19.6. The molecule has 0 aromatic heterocycles. The van der Waals surface area contributed by atoms with Gasteiger partial charge < -0.3 is 14.2 Å². The Labute approximate surface area is 161 Å². The molecule has 1 aliphatic rings. The molecule has 1 fully saturated rings. The predicted octanol–water partition coefficient (Wildman–Crippen LogP) is 5.32. The number of aryl methyl sites for hydroxylation is 1. The zero-order valence-corrected chi connectivity index (χ0v) is 16.3. The van der Waals surface area contributed by atoms with Crippen molar-refractivity contribution in [2.45, 2.75) is 52.4 Å². The maximum atomic E-state index is 12.4. The Hall–Kier alpha value is -2.17. The third-order valence-electron chi connectivity index (χ3n) is 5.08. The first-order valence-corrected chi connectivity index (χ1v) is 9.78. The largest absolute Gasteiger partial charge is 0.423 e. The van der Waals surface area contributed by atoms with Crippen LogP contribution in [-0.2, 0) is 15.9 Å². The number of carbonyl (C=O) groups excluding carboxylic acids is 1. The van der Waals surface area contributed by atoms with Crippen LogP contribution in [0.3, 0.4) is 0 Å². The highest BCUT2D eigenvalue weighted by molar-refractivity contribution is 5.91. The molecule has 144 valence electrons. The predicted molar refractivity (Wildman–Crippen MR) is 105 cm³/mol. The molecule has 0 amide bonds. The standard InChI is InChI=1S/C23H28O4/c1-4-6-17-7-13-21(14-8-17)27-22(24)19-9-11-20(12-10-19)23-25-15-18(5-2)16(3)26-23/h7-14,16,18,23H,4-6,15H2,1-3H3. The molecule has 27 heavy (non-hydrogen) atoms. The van der Waals surface area contributed by atoms with Gasteiger partial charge in [-0.15, -0.1) is 0 Å². The molecule has 0 N–H and O–H groups in total. The van der Waals surface area contributed by atoms with Crippen molar-refractivity contribution in [3.8, 4) is 5.75 Å². The van der Waals surface area contributed by atoms with Gasteiger partial charge in [-0.2, -0.15) is 0 Å². The zero-order chi connectivity index (χ0) is 19.2. The molecule has 0 radical (unpaired) electrons. The van der Waals surface area contributed by atoms with Crippen LogP contribution < -0.4 is 4.74 Å². The Kier molecular flexibility index (Phi) is 6.64. The van der Waals surface area contributed by atoms with E-state index in [1.54, 1.807) is 12.1 Å². The average Bonchev–Trinajstić information content (AvgIpc) is 2.70. The molecule has 3 atom stereocenters. The number of hydrogen-bond donors (Lipinski definition) is 0. The van der Waals surface area contributed by atoms with Crippen LogP contribution in [0.2, 0.25) is 0 Å². The van der Waals surface area contributed by atoms with E-state index in [4.69, 9.17) is 14.2 Å². The van der Waals surface area contributed by atoms with Gasteiger partial charge in [0.05, 0.1) is 18.3 Å². The van der Waals surface area contributed by atoms with Gasteiger partial charge in [-0.3, -0.25) is 0 Å². The molecular formula is C23H28O4. The van der Waals surface area contributed by atoms with E-state index in [2.05, 4.69) is 20.8 Å². The second-order valence-electron chi connectivity index (χ2n) is 7.08. The summed E-state index contributed by atoms with van der Waals surface area (Å²) >= 11 is 0. The summed E-state index contributed by atoms with van der Waals surface area (Å²) in [5.74, 6) is 0.621. The lowest BCUT2D eigenvalue weighted by Crippen LogP contribution is -2.33. The van der Waals surface area contributed by atoms with E-state index in [1.807, 2.05) is 36.4 Å². The third kappa shape index (κ3) is 4.96. The van der Waals surface area contributed by atoms with Gasteiger partial charge in [0.15, 0.2) is 6.29 Å². The maximum Gasteiger partial charge on any atom is 0.343 e. The van der Waals surface area contributed by atoms with Gasteiger partial charge >= 0.3 is 5.97 Å². The number of carbonyl (C=O) groups is 1. The molecule has 0 spiro atoms. The van der Waals surface area contributed by atoms with Crippen molar-refractivity contribution in [1.82, 2.24) is 0 Å². The Morgan fingerprint density at radius 3 is 2.37 bits per heavy atom. The molecule has 0 bridgehead atoms. The highest BCUT2D eigenvalue weighted by Gasteiger charge is 2.28. The lowest BCUT2D eigenvalue weighted by atomic mass is 10.0. The van der Waals surface area contributed by atoms with Crippen LogP contribution in [0.5, 0.6) is 5.75 Å². The number of esters is 1.